The van der Waals surface area contributed by atoms with E-state index in [1.165, 1.54) is 29.8 Å². The number of aromatic nitrogens is 6. The number of hydrogen-bond acceptors (Lipinski definition) is 17. The number of nitrogens with zero attached hydrogens (tertiary/aromatic N) is 4. The number of aromatic amines is 2. The number of thiophene rings is 2. The van der Waals surface area contributed by atoms with Crippen molar-refractivity contribution in [2.24, 2.45) is 0 Å². The Morgan fingerprint density at radius 1 is 0.620 bits per heavy atom. The van der Waals surface area contributed by atoms with Crippen LogP contribution in [0.1, 0.15) is 61.2 Å². The summed E-state index contributed by atoms with van der Waals surface area (Å²) in [5, 5.41) is 44.3. The quantitative estimate of drug-likeness (QED) is 0.0537. The molecular formula is C45H42N12O10S4. The molecule has 71 heavy (non-hydrogen) atoms. The summed E-state index contributed by atoms with van der Waals surface area (Å²) in [7, 11) is 1.19. The molecule has 2 atom stereocenters. The number of anilines is 2. The van der Waals surface area contributed by atoms with Gasteiger partial charge in [-0.25, -0.2) is 19.6 Å². The number of benzene rings is 2. The number of thiazole rings is 2. The molecule has 0 aliphatic rings. The van der Waals surface area contributed by atoms with Gasteiger partial charge in [0.2, 0.25) is 11.8 Å². The predicted molar refractivity (Wildman–Crippen MR) is 266 cm³/mol. The number of carbonyl (C=O) groups excluding carboxylic acids is 7. The second-order valence-corrected chi connectivity index (χ2v) is 19.0. The van der Waals surface area contributed by atoms with E-state index in [0.29, 0.717) is 21.1 Å². The van der Waals surface area contributed by atoms with Crippen molar-refractivity contribution in [3.05, 3.63) is 126 Å². The van der Waals surface area contributed by atoms with E-state index < -0.39 is 41.7 Å². The molecule has 8 aromatic rings. The van der Waals surface area contributed by atoms with Gasteiger partial charge in [0.15, 0.2) is 10.3 Å². The smallest absolute Gasteiger partial charge is 0.330 e. The van der Waals surface area contributed by atoms with Crippen LogP contribution in [0.25, 0.3) is 21.8 Å². The van der Waals surface area contributed by atoms with E-state index in [9.17, 15) is 43.5 Å². The van der Waals surface area contributed by atoms with Crippen LogP contribution in [0.3, 0.4) is 0 Å². The van der Waals surface area contributed by atoms with Crippen LogP contribution >= 0.6 is 45.3 Å². The highest BCUT2D eigenvalue weighted by molar-refractivity contribution is 7.18. The second-order valence-electron chi connectivity index (χ2n) is 15.1. The minimum Gasteiger partial charge on any atom is -0.480 e. The Bertz CT molecular complexity index is 3230. The van der Waals surface area contributed by atoms with E-state index >= 15 is 0 Å². The Labute approximate surface area is 418 Å². The van der Waals surface area contributed by atoms with Crippen LogP contribution in [0, 0.1) is 13.8 Å². The summed E-state index contributed by atoms with van der Waals surface area (Å²) >= 11 is 4.40. The average Bonchev–Trinajstić information content (AvgIpc) is 4.21. The van der Waals surface area contributed by atoms with Gasteiger partial charge in [0.25, 0.3) is 23.6 Å². The SMILES string of the molecule is COC(=O)[C@H](CNC(=O)c1cccs1)NC(=O)c1sc(NC(=O)Cc2cccc3[nH]ncc23)nc1C.Cc1nc(NC(=O)Cc2cccc3[nH]ncc23)sc1C(=O)N[C@@H](CNC(=O)c1cccs1)C(=O)O. The molecule has 6 aromatic heterocycles. The Morgan fingerprint density at radius 3 is 1.49 bits per heavy atom. The highest BCUT2D eigenvalue weighted by Gasteiger charge is 2.27. The number of carboxylic acids is 1. The third-order valence-corrected chi connectivity index (χ3v) is 14.0. The zero-order chi connectivity index (χ0) is 50.6. The molecule has 0 aliphatic carbocycles. The molecule has 2 aromatic carbocycles. The fourth-order valence-electron chi connectivity index (χ4n) is 6.72. The molecule has 22 nitrogen and oxygen atoms in total. The number of nitrogens with one attached hydrogen (secondary N) is 8. The number of rotatable bonds is 18. The molecule has 0 fully saturated rings. The Balaban J connectivity index is 0.000000209. The van der Waals surface area contributed by atoms with Gasteiger partial charge in [-0.15, -0.1) is 22.7 Å². The fourth-order valence-corrected chi connectivity index (χ4v) is 9.78. The zero-order valence-corrected chi connectivity index (χ0v) is 40.9. The third kappa shape index (κ3) is 13.1. The Kier molecular flexibility index (Phi) is 16.7. The van der Waals surface area contributed by atoms with Crippen LogP contribution in [-0.2, 0) is 36.8 Å². The molecule has 6 amide bonds. The summed E-state index contributed by atoms with van der Waals surface area (Å²) < 4.78 is 4.76. The van der Waals surface area contributed by atoms with Gasteiger partial charge < -0.3 is 41.7 Å². The van der Waals surface area contributed by atoms with E-state index in [4.69, 9.17) is 4.74 Å². The molecular weight excluding hydrogens is 997 g/mol. The topological polar surface area (TPSA) is 321 Å². The minimum absolute atomic E-state index is 0.0854. The van der Waals surface area contributed by atoms with Gasteiger partial charge in [0.05, 0.1) is 64.5 Å². The Hall–Kier alpha value is -8.20. The van der Waals surface area contributed by atoms with Crippen LogP contribution < -0.4 is 31.9 Å². The van der Waals surface area contributed by atoms with E-state index in [2.05, 4.69) is 62.3 Å². The molecule has 26 heteroatoms. The van der Waals surface area contributed by atoms with Gasteiger partial charge in [-0.05, 0) is 60.0 Å². The normalized spacial score (nSPS) is 11.6. The third-order valence-electron chi connectivity index (χ3n) is 10.2. The van der Waals surface area contributed by atoms with Gasteiger partial charge in [0, 0.05) is 23.9 Å². The molecule has 6 heterocycles. The predicted octanol–water partition coefficient (Wildman–Crippen LogP) is 4.46. The fraction of sp³-hybridized carbons (Fsp3) is 0.200. The number of ether oxygens (including phenoxy) is 1. The summed E-state index contributed by atoms with van der Waals surface area (Å²) in [5.41, 5.74) is 3.96. The van der Waals surface area contributed by atoms with Crippen molar-refractivity contribution < 1.29 is 48.2 Å². The molecule has 366 valence electrons. The first-order chi connectivity index (χ1) is 34.2. The molecule has 0 radical (unpaired) electrons. The van der Waals surface area contributed by atoms with Crippen molar-refractivity contribution in [3.63, 3.8) is 0 Å². The number of amides is 6. The summed E-state index contributed by atoms with van der Waals surface area (Å²) in [5.74, 6) is -4.65. The van der Waals surface area contributed by atoms with Crippen molar-refractivity contribution in [3.8, 4) is 0 Å². The lowest BCUT2D eigenvalue weighted by atomic mass is 10.1. The summed E-state index contributed by atoms with van der Waals surface area (Å²) in [6.45, 7) is 2.76. The number of esters is 1. The number of carboxylic acid groups (broad SMARTS) is 1. The van der Waals surface area contributed by atoms with E-state index in [1.807, 2.05) is 36.4 Å². The first-order valence-corrected chi connectivity index (χ1v) is 24.5. The average molecular weight is 1040 g/mol. The number of aryl methyl sites for hydroxylation is 2. The number of hydrogen-bond donors (Lipinski definition) is 9. The standard InChI is InChI=1S/C23H22N6O5S2.C22H20N6O5S2/c1-12-19(21(32)27-16(22(33)34-2)11-24-20(31)17-7-4-8-35-17)36-23(26-12)28-18(30)9-13-5-3-6-15-14(13)10-25-29-15;1-11-18(20(31)26-15(21(32)33)10-23-19(30)16-6-3-7-34-16)35-22(25-11)27-17(29)8-12-4-2-5-14-13(12)9-24-28-14/h3-8,10,16H,9,11H2,1-2H3,(H,24,31)(H,25,29)(H,27,32)(H,26,28,30);2-7,9,15H,8,10H2,1H3,(H,23,30)(H,24,28)(H,26,31)(H,32,33)(H,25,27,29)/t16-;15-/m00/s1. The molecule has 0 saturated carbocycles. The number of carbonyl (C=O) groups is 8. The summed E-state index contributed by atoms with van der Waals surface area (Å²) in [4.78, 5) is 109. The number of H-pyrrole nitrogens is 2. The zero-order valence-electron chi connectivity index (χ0n) is 37.6. The molecule has 0 spiro atoms. The molecule has 8 rings (SSSR count). The van der Waals surface area contributed by atoms with E-state index in [0.717, 1.165) is 55.6 Å². The summed E-state index contributed by atoms with van der Waals surface area (Å²) in [6.07, 6.45) is 3.50. The maximum Gasteiger partial charge on any atom is 0.330 e. The van der Waals surface area contributed by atoms with Crippen LogP contribution in [0.5, 0.6) is 0 Å². The van der Waals surface area contributed by atoms with Gasteiger partial charge in [0.1, 0.15) is 21.8 Å². The van der Waals surface area contributed by atoms with Gasteiger partial charge >= 0.3 is 11.9 Å². The summed E-state index contributed by atoms with van der Waals surface area (Å²) in [6, 6.07) is 15.3. The van der Waals surface area contributed by atoms with Gasteiger partial charge in [-0.3, -0.25) is 39.0 Å². The van der Waals surface area contributed by atoms with Gasteiger partial charge in [-0.1, -0.05) is 59.1 Å². The molecule has 0 bridgehead atoms. The lowest BCUT2D eigenvalue weighted by molar-refractivity contribution is -0.142. The maximum absolute atomic E-state index is 12.9. The number of methoxy groups -OCH3 is 1. The van der Waals surface area contributed by atoms with Crippen LogP contribution in [0.2, 0.25) is 0 Å². The minimum atomic E-state index is -1.35. The van der Waals surface area contributed by atoms with E-state index in [-0.39, 0.29) is 63.7 Å². The molecule has 9 N–H and O–H groups in total. The monoisotopic (exact) mass is 1040 g/mol. The van der Waals surface area contributed by atoms with Crippen LogP contribution in [-0.4, -0.2) is 115 Å². The number of aliphatic carboxylic acids is 1. The maximum atomic E-state index is 12.9. The molecule has 0 saturated heterocycles. The molecule has 0 unspecified atom stereocenters. The Morgan fingerprint density at radius 2 is 1.07 bits per heavy atom. The van der Waals surface area contributed by atoms with Crippen molar-refractivity contribution in [2.45, 2.75) is 38.8 Å². The van der Waals surface area contributed by atoms with Crippen LogP contribution in [0.4, 0.5) is 10.3 Å². The van der Waals surface area contributed by atoms with Crippen molar-refractivity contribution >= 4 is 125 Å². The molecule has 0 aliphatic heterocycles. The lowest BCUT2D eigenvalue weighted by Gasteiger charge is -2.16. The largest absolute Gasteiger partial charge is 0.480 e. The lowest BCUT2D eigenvalue weighted by Crippen LogP contribution is -2.48. The highest BCUT2D eigenvalue weighted by Crippen LogP contribution is 2.25. The highest BCUT2D eigenvalue weighted by atomic mass is 32.1. The first-order valence-electron chi connectivity index (χ1n) is 21.1. The first kappa shape index (κ1) is 50.7. The second kappa shape index (κ2) is 23.4. The number of fused-ring (bicyclic) bond motifs is 2. The van der Waals surface area contributed by atoms with E-state index in [1.54, 1.807) is 61.3 Å². The van der Waals surface area contributed by atoms with Crippen molar-refractivity contribution in [1.29, 1.82) is 0 Å². The van der Waals surface area contributed by atoms with Crippen LogP contribution in [0.15, 0.2) is 83.8 Å². The van der Waals surface area contributed by atoms with Gasteiger partial charge in [-0.2, -0.15) is 10.2 Å². The van der Waals surface area contributed by atoms with Crippen molar-refractivity contribution in [2.75, 3.05) is 30.8 Å². The van der Waals surface area contributed by atoms with Crippen molar-refractivity contribution in [1.82, 2.24) is 51.6 Å².